The number of nitrogens with one attached hydrogen (secondary N) is 2. The number of hydrogen-bond donors (Lipinski definition) is 3. The molecule has 3 fully saturated rings. The third-order valence-electron chi connectivity index (χ3n) is 6.34. The van der Waals surface area contributed by atoms with Crippen LogP contribution in [0.4, 0.5) is 13.2 Å². The number of fused-ring (bicyclic) bond motifs is 3. The molecule has 28 heavy (non-hydrogen) atoms. The molecule has 2 saturated heterocycles. The Balaban J connectivity index is 1.71. The predicted octanol–water partition coefficient (Wildman–Crippen LogP) is 0.542. The van der Waals surface area contributed by atoms with Gasteiger partial charge in [-0.3, -0.25) is 25.4 Å². The van der Waals surface area contributed by atoms with Crippen LogP contribution in [0.3, 0.4) is 0 Å². The molecule has 1 aliphatic carbocycles. The Labute approximate surface area is 159 Å². The van der Waals surface area contributed by atoms with Crippen molar-refractivity contribution in [2.75, 3.05) is 13.1 Å². The molecule has 4 N–H and O–H groups in total. The summed E-state index contributed by atoms with van der Waals surface area (Å²) < 4.78 is 39.7. The number of aromatic nitrogens is 1. The molecule has 1 aromatic rings. The first-order valence-corrected chi connectivity index (χ1v) is 9.31. The van der Waals surface area contributed by atoms with Crippen LogP contribution in [-0.4, -0.2) is 53.0 Å². The second-order valence-electron chi connectivity index (χ2n) is 7.84. The van der Waals surface area contributed by atoms with Crippen molar-refractivity contribution in [3.63, 3.8) is 0 Å². The third-order valence-corrected chi connectivity index (χ3v) is 6.34. The molecule has 0 radical (unpaired) electrons. The van der Waals surface area contributed by atoms with Gasteiger partial charge in [0.25, 0.3) is 0 Å². The Kier molecular flexibility index (Phi) is 4.78. The quantitative estimate of drug-likeness (QED) is 0.692. The maximum Gasteiger partial charge on any atom is 0.406 e. The molecule has 10 heteroatoms. The summed E-state index contributed by atoms with van der Waals surface area (Å²) in [4.78, 5) is 30.0. The molecule has 7 nitrogen and oxygen atoms in total. The highest BCUT2D eigenvalue weighted by atomic mass is 19.4. The van der Waals surface area contributed by atoms with Crippen molar-refractivity contribution in [2.24, 2.45) is 23.5 Å². The minimum atomic E-state index is -4.49. The van der Waals surface area contributed by atoms with Gasteiger partial charge in [0, 0.05) is 36.9 Å². The van der Waals surface area contributed by atoms with Crippen LogP contribution < -0.4 is 16.6 Å². The molecule has 1 aromatic heterocycles. The van der Waals surface area contributed by atoms with Gasteiger partial charge in [-0.05, 0) is 42.4 Å². The van der Waals surface area contributed by atoms with Crippen molar-refractivity contribution in [1.82, 2.24) is 20.7 Å². The van der Waals surface area contributed by atoms with Crippen molar-refractivity contribution >= 4 is 11.8 Å². The summed E-state index contributed by atoms with van der Waals surface area (Å²) in [5.74, 6) is -2.68. The van der Waals surface area contributed by atoms with E-state index in [0.717, 1.165) is 10.5 Å². The van der Waals surface area contributed by atoms with Crippen molar-refractivity contribution in [3.05, 3.63) is 30.1 Å². The first-order chi connectivity index (χ1) is 13.3. The van der Waals surface area contributed by atoms with Crippen LogP contribution in [0, 0.1) is 17.8 Å². The van der Waals surface area contributed by atoms with Gasteiger partial charge in [0.1, 0.15) is 6.54 Å². The SMILES string of the molecule is NC(=O)C1CC2C3NNCC3C(=O)N(CC(F)(F)F)C2CC1c1ccncc1. The van der Waals surface area contributed by atoms with Gasteiger partial charge in [-0.15, -0.1) is 0 Å². The van der Waals surface area contributed by atoms with E-state index in [1.807, 2.05) is 0 Å². The number of alkyl halides is 3. The molecular weight excluding hydrogens is 375 g/mol. The molecule has 2 amide bonds. The maximum atomic E-state index is 13.2. The molecule has 1 saturated carbocycles. The molecule has 6 unspecified atom stereocenters. The fraction of sp³-hybridized carbons (Fsp3) is 0.611. The molecule has 0 spiro atoms. The van der Waals surface area contributed by atoms with Crippen LogP contribution in [0.5, 0.6) is 0 Å². The molecular formula is C18H22F3N5O2. The zero-order chi connectivity index (χ0) is 20.1. The number of primary amides is 1. The Morgan fingerprint density at radius 2 is 1.96 bits per heavy atom. The molecule has 6 atom stereocenters. The number of carbonyl (C=O) groups excluding carboxylic acids is 2. The van der Waals surface area contributed by atoms with Gasteiger partial charge in [-0.25, -0.2) is 0 Å². The summed E-state index contributed by atoms with van der Waals surface area (Å²) in [5, 5.41) is 0. The van der Waals surface area contributed by atoms with E-state index >= 15 is 0 Å². The Hall–Kier alpha value is -2.20. The van der Waals surface area contributed by atoms with Gasteiger partial charge in [-0.2, -0.15) is 13.2 Å². The number of halogens is 3. The summed E-state index contributed by atoms with van der Waals surface area (Å²) in [6.07, 6.45) is -0.729. The standard InChI is InChI=1S/C18H22F3N5O2/c19-18(20,21)8-26-14-6-10(9-1-3-23-4-2-9)11(16(22)27)5-12(14)15-13(17(26)28)7-24-25-15/h1-4,10-15,24-25H,5-8H2,(H2,22,27). The second kappa shape index (κ2) is 7.00. The van der Waals surface area contributed by atoms with Crippen LogP contribution in [0.15, 0.2) is 24.5 Å². The summed E-state index contributed by atoms with van der Waals surface area (Å²) in [5.41, 5.74) is 12.4. The summed E-state index contributed by atoms with van der Waals surface area (Å²) in [6.45, 7) is -1.00. The van der Waals surface area contributed by atoms with Crippen LogP contribution >= 0.6 is 0 Å². The zero-order valence-electron chi connectivity index (χ0n) is 15.0. The third kappa shape index (κ3) is 3.35. The minimum absolute atomic E-state index is 0.259. The number of amides is 2. The lowest BCUT2D eigenvalue weighted by molar-refractivity contribution is -0.180. The number of nitrogens with zero attached hydrogens (tertiary/aromatic N) is 2. The van der Waals surface area contributed by atoms with Crippen molar-refractivity contribution in [3.8, 4) is 0 Å². The van der Waals surface area contributed by atoms with Crippen LogP contribution in [0.25, 0.3) is 0 Å². The fourth-order valence-electron chi connectivity index (χ4n) is 5.18. The average Bonchev–Trinajstić information content (AvgIpc) is 3.14. The highest BCUT2D eigenvalue weighted by molar-refractivity contribution is 5.82. The number of pyridine rings is 1. The van der Waals surface area contributed by atoms with E-state index in [1.165, 1.54) is 0 Å². The lowest BCUT2D eigenvalue weighted by Gasteiger charge is -2.52. The predicted molar refractivity (Wildman–Crippen MR) is 92.4 cm³/mol. The van der Waals surface area contributed by atoms with E-state index < -0.39 is 42.4 Å². The Morgan fingerprint density at radius 1 is 1.25 bits per heavy atom. The number of nitrogens with two attached hydrogens (primary N) is 1. The number of rotatable bonds is 3. The van der Waals surface area contributed by atoms with E-state index in [-0.39, 0.29) is 30.8 Å². The van der Waals surface area contributed by atoms with E-state index in [2.05, 4.69) is 15.8 Å². The summed E-state index contributed by atoms with van der Waals surface area (Å²) >= 11 is 0. The first kappa shape index (κ1) is 19.1. The molecule has 4 rings (SSSR count). The maximum absolute atomic E-state index is 13.2. The number of hydrogen-bond acceptors (Lipinski definition) is 5. The lowest BCUT2D eigenvalue weighted by atomic mass is 9.63. The highest BCUT2D eigenvalue weighted by Gasteiger charge is 2.56. The van der Waals surface area contributed by atoms with Crippen molar-refractivity contribution < 1.29 is 22.8 Å². The number of piperidine rings is 1. The van der Waals surface area contributed by atoms with Crippen LogP contribution in [-0.2, 0) is 9.59 Å². The van der Waals surface area contributed by atoms with Gasteiger partial charge in [-0.1, -0.05) is 0 Å². The molecule has 0 bridgehead atoms. The smallest absolute Gasteiger partial charge is 0.369 e. The van der Waals surface area contributed by atoms with Crippen molar-refractivity contribution in [1.29, 1.82) is 0 Å². The van der Waals surface area contributed by atoms with Crippen LogP contribution in [0.2, 0.25) is 0 Å². The van der Waals surface area contributed by atoms with E-state index in [9.17, 15) is 22.8 Å². The van der Waals surface area contributed by atoms with Gasteiger partial charge < -0.3 is 10.6 Å². The largest absolute Gasteiger partial charge is 0.406 e. The molecule has 152 valence electrons. The molecule has 3 aliphatic rings. The molecule has 0 aromatic carbocycles. The first-order valence-electron chi connectivity index (χ1n) is 9.31. The lowest BCUT2D eigenvalue weighted by Crippen LogP contribution is -2.64. The van der Waals surface area contributed by atoms with Gasteiger partial charge in [0.15, 0.2) is 0 Å². The topological polar surface area (TPSA) is 100 Å². The Bertz CT molecular complexity index is 759. The molecule has 3 heterocycles. The van der Waals surface area contributed by atoms with Gasteiger partial charge >= 0.3 is 6.18 Å². The number of hydrazine groups is 1. The average molecular weight is 397 g/mol. The minimum Gasteiger partial charge on any atom is -0.369 e. The number of carbonyl (C=O) groups is 2. The van der Waals surface area contributed by atoms with E-state index in [1.54, 1.807) is 24.5 Å². The van der Waals surface area contributed by atoms with E-state index in [4.69, 9.17) is 5.73 Å². The van der Waals surface area contributed by atoms with Gasteiger partial charge in [0.05, 0.1) is 5.92 Å². The summed E-state index contributed by atoms with van der Waals surface area (Å²) in [6, 6.07) is 2.58. The molecule has 2 aliphatic heterocycles. The fourth-order valence-corrected chi connectivity index (χ4v) is 5.18. The van der Waals surface area contributed by atoms with Gasteiger partial charge in [0.2, 0.25) is 11.8 Å². The Morgan fingerprint density at radius 3 is 2.61 bits per heavy atom. The normalized spacial score (nSPS) is 35.4. The van der Waals surface area contributed by atoms with E-state index in [0.29, 0.717) is 6.42 Å². The zero-order valence-corrected chi connectivity index (χ0v) is 15.0. The van der Waals surface area contributed by atoms with Crippen molar-refractivity contribution in [2.45, 2.75) is 37.0 Å². The summed E-state index contributed by atoms with van der Waals surface area (Å²) in [7, 11) is 0. The second-order valence-corrected chi connectivity index (χ2v) is 7.84. The highest BCUT2D eigenvalue weighted by Crippen LogP contribution is 2.47. The van der Waals surface area contributed by atoms with Crippen LogP contribution in [0.1, 0.15) is 24.3 Å². The monoisotopic (exact) mass is 397 g/mol. The number of likely N-dealkylation sites (tertiary alicyclic amines) is 1.